The minimum absolute atomic E-state index is 0.0655. The van der Waals surface area contributed by atoms with Crippen LogP contribution in [-0.4, -0.2) is 36.5 Å². The van der Waals surface area contributed by atoms with Crippen molar-refractivity contribution < 1.29 is 4.79 Å². The Hall–Kier alpha value is -1.39. The predicted molar refractivity (Wildman–Crippen MR) is 87.3 cm³/mol. The normalized spacial score (nSPS) is 16.9. The highest BCUT2D eigenvalue weighted by Crippen LogP contribution is 2.15. The van der Waals surface area contributed by atoms with Crippen molar-refractivity contribution in [2.75, 3.05) is 25.0 Å². The number of nitrogens with zero attached hydrogens (tertiary/aromatic N) is 1. The summed E-state index contributed by atoms with van der Waals surface area (Å²) < 4.78 is 0. The average molecular weight is 289 g/mol. The molecule has 1 unspecified atom stereocenters. The maximum absolute atomic E-state index is 11.9. The summed E-state index contributed by atoms with van der Waals surface area (Å²) in [5, 5.41) is 6.20. The number of hydrogen-bond acceptors (Lipinski definition) is 3. The molecular weight excluding hydrogens is 262 g/mol. The number of hydrogen-bond donors (Lipinski definition) is 2. The van der Waals surface area contributed by atoms with Crippen LogP contribution in [-0.2, 0) is 11.3 Å². The van der Waals surface area contributed by atoms with Crippen molar-refractivity contribution in [2.24, 2.45) is 0 Å². The third kappa shape index (κ3) is 5.48. The van der Waals surface area contributed by atoms with Crippen molar-refractivity contribution in [3.8, 4) is 0 Å². The van der Waals surface area contributed by atoms with Crippen molar-refractivity contribution in [3.05, 3.63) is 29.8 Å². The van der Waals surface area contributed by atoms with E-state index in [1.807, 2.05) is 26.0 Å². The van der Waals surface area contributed by atoms with Gasteiger partial charge in [0.05, 0.1) is 0 Å². The van der Waals surface area contributed by atoms with Gasteiger partial charge in [0.25, 0.3) is 0 Å². The first-order valence-electron chi connectivity index (χ1n) is 8.02. The van der Waals surface area contributed by atoms with Crippen molar-refractivity contribution in [1.82, 2.24) is 10.2 Å². The number of carbonyl (C=O) groups excluding carboxylic acids is 1. The molecule has 116 valence electrons. The second kappa shape index (κ2) is 8.15. The zero-order valence-electron chi connectivity index (χ0n) is 13.2. The van der Waals surface area contributed by atoms with Crippen molar-refractivity contribution in [2.45, 2.75) is 45.7 Å². The molecule has 4 heteroatoms. The molecule has 1 aliphatic heterocycles. The molecule has 1 saturated heterocycles. The number of carbonyl (C=O) groups is 1. The highest BCUT2D eigenvalue weighted by Gasteiger charge is 2.12. The van der Waals surface area contributed by atoms with E-state index in [1.54, 1.807) is 0 Å². The molecule has 0 aliphatic carbocycles. The lowest BCUT2D eigenvalue weighted by Gasteiger charge is -2.15. The van der Waals surface area contributed by atoms with Crippen LogP contribution >= 0.6 is 0 Å². The Morgan fingerprint density at radius 1 is 1.24 bits per heavy atom. The molecule has 0 radical (unpaired) electrons. The standard InChI is InChI=1S/C17H27N3O/c1-3-18-14(2)12-17(21)19-16-8-6-15(7-9-16)13-20-10-4-5-11-20/h6-9,14,18H,3-5,10-13H2,1-2H3,(H,19,21). The van der Waals surface area contributed by atoms with Crippen LogP contribution in [0.15, 0.2) is 24.3 Å². The molecule has 2 N–H and O–H groups in total. The van der Waals surface area contributed by atoms with Crippen LogP contribution in [0.2, 0.25) is 0 Å². The van der Waals surface area contributed by atoms with E-state index in [-0.39, 0.29) is 11.9 Å². The number of amides is 1. The molecule has 1 heterocycles. The Morgan fingerprint density at radius 3 is 2.52 bits per heavy atom. The Labute approximate surface area is 127 Å². The fourth-order valence-corrected chi connectivity index (χ4v) is 2.80. The second-order valence-corrected chi connectivity index (χ2v) is 5.89. The van der Waals surface area contributed by atoms with Crippen LogP contribution < -0.4 is 10.6 Å². The molecule has 1 atom stereocenters. The molecule has 1 aliphatic rings. The highest BCUT2D eigenvalue weighted by molar-refractivity contribution is 5.91. The summed E-state index contributed by atoms with van der Waals surface area (Å²) in [4.78, 5) is 14.4. The molecule has 1 aromatic carbocycles. The lowest BCUT2D eigenvalue weighted by atomic mass is 10.2. The third-order valence-electron chi connectivity index (χ3n) is 3.89. The minimum atomic E-state index is 0.0655. The van der Waals surface area contributed by atoms with Gasteiger partial charge in [-0.05, 0) is 57.1 Å². The van der Waals surface area contributed by atoms with Crippen molar-refractivity contribution in [3.63, 3.8) is 0 Å². The molecule has 0 bridgehead atoms. The summed E-state index contributed by atoms with van der Waals surface area (Å²) in [5.41, 5.74) is 2.20. The van der Waals surface area contributed by atoms with Gasteiger partial charge in [-0.25, -0.2) is 0 Å². The molecule has 4 nitrogen and oxygen atoms in total. The largest absolute Gasteiger partial charge is 0.326 e. The van der Waals surface area contributed by atoms with E-state index in [9.17, 15) is 4.79 Å². The fraction of sp³-hybridized carbons (Fsp3) is 0.588. The molecule has 0 spiro atoms. The smallest absolute Gasteiger partial charge is 0.225 e. The summed E-state index contributed by atoms with van der Waals surface area (Å²) in [6, 6.07) is 8.44. The molecule has 1 aromatic rings. The summed E-state index contributed by atoms with van der Waals surface area (Å²) in [5.74, 6) is 0.0655. The number of rotatable bonds is 7. The van der Waals surface area contributed by atoms with Gasteiger partial charge in [-0.15, -0.1) is 0 Å². The number of likely N-dealkylation sites (tertiary alicyclic amines) is 1. The van der Waals surface area contributed by atoms with Crippen LogP contribution in [0.5, 0.6) is 0 Å². The zero-order valence-corrected chi connectivity index (χ0v) is 13.2. The number of nitrogens with one attached hydrogen (secondary N) is 2. The third-order valence-corrected chi connectivity index (χ3v) is 3.89. The van der Waals surface area contributed by atoms with E-state index in [1.165, 1.54) is 31.5 Å². The van der Waals surface area contributed by atoms with E-state index in [0.29, 0.717) is 6.42 Å². The number of benzene rings is 1. The lowest BCUT2D eigenvalue weighted by Crippen LogP contribution is -2.30. The van der Waals surface area contributed by atoms with E-state index >= 15 is 0 Å². The van der Waals surface area contributed by atoms with Crippen LogP contribution in [0.25, 0.3) is 0 Å². The van der Waals surface area contributed by atoms with Gasteiger partial charge in [0.2, 0.25) is 5.91 Å². The first-order chi connectivity index (χ1) is 10.2. The van der Waals surface area contributed by atoms with Gasteiger partial charge in [0, 0.05) is 24.7 Å². The predicted octanol–water partition coefficient (Wildman–Crippen LogP) is 2.61. The Balaban J connectivity index is 1.79. The topological polar surface area (TPSA) is 44.4 Å². The van der Waals surface area contributed by atoms with Crippen LogP contribution in [0.1, 0.15) is 38.7 Å². The van der Waals surface area contributed by atoms with Gasteiger partial charge in [-0.1, -0.05) is 19.1 Å². The first-order valence-corrected chi connectivity index (χ1v) is 8.02. The van der Waals surface area contributed by atoms with E-state index in [4.69, 9.17) is 0 Å². The molecule has 0 aromatic heterocycles. The SMILES string of the molecule is CCNC(C)CC(=O)Nc1ccc(CN2CCCC2)cc1. The van der Waals surface area contributed by atoms with Crippen LogP contribution in [0.3, 0.4) is 0 Å². The molecule has 21 heavy (non-hydrogen) atoms. The van der Waals surface area contributed by atoms with Gasteiger partial charge in [-0.2, -0.15) is 0 Å². The van der Waals surface area contributed by atoms with Crippen LogP contribution in [0, 0.1) is 0 Å². The molecule has 0 saturated carbocycles. The summed E-state index contributed by atoms with van der Waals surface area (Å²) in [6.45, 7) is 8.41. The molecule has 1 amide bonds. The maximum atomic E-state index is 11.9. The highest BCUT2D eigenvalue weighted by atomic mass is 16.1. The lowest BCUT2D eigenvalue weighted by molar-refractivity contribution is -0.116. The van der Waals surface area contributed by atoms with Crippen molar-refractivity contribution >= 4 is 11.6 Å². The second-order valence-electron chi connectivity index (χ2n) is 5.89. The zero-order chi connectivity index (χ0) is 15.1. The van der Waals surface area contributed by atoms with E-state index in [2.05, 4.69) is 27.7 Å². The average Bonchev–Trinajstić information content (AvgIpc) is 2.94. The molecule has 1 fully saturated rings. The van der Waals surface area contributed by atoms with E-state index in [0.717, 1.165) is 18.8 Å². The summed E-state index contributed by atoms with van der Waals surface area (Å²) in [6.07, 6.45) is 3.14. The fourth-order valence-electron chi connectivity index (χ4n) is 2.80. The maximum Gasteiger partial charge on any atom is 0.225 e. The summed E-state index contributed by atoms with van der Waals surface area (Å²) >= 11 is 0. The van der Waals surface area contributed by atoms with Gasteiger partial charge in [0.1, 0.15) is 0 Å². The van der Waals surface area contributed by atoms with Gasteiger partial charge in [0.15, 0.2) is 0 Å². The summed E-state index contributed by atoms with van der Waals surface area (Å²) in [7, 11) is 0. The minimum Gasteiger partial charge on any atom is -0.326 e. The molecular formula is C17H27N3O. The van der Waals surface area contributed by atoms with E-state index < -0.39 is 0 Å². The Morgan fingerprint density at radius 2 is 1.90 bits per heavy atom. The van der Waals surface area contributed by atoms with Gasteiger partial charge in [-0.3, -0.25) is 9.69 Å². The monoisotopic (exact) mass is 289 g/mol. The van der Waals surface area contributed by atoms with Gasteiger partial charge < -0.3 is 10.6 Å². The Kier molecular flexibility index (Phi) is 6.21. The van der Waals surface area contributed by atoms with Crippen LogP contribution in [0.4, 0.5) is 5.69 Å². The number of anilines is 1. The van der Waals surface area contributed by atoms with Crippen molar-refractivity contribution in [1.29, 1.82) is 0 Å². The Bertz CT molecular complexity index is 438. The van der Waals surface area contributed by atoms with Gasteiger partial charge >= 0.3 is 0 Å². The first kappa shape index (κ1) is 16.0. The molecule has 2 rings (SSSR count). The quantitative estimate of drug-likeness (QED) is 0.811.